The monoisotopic (exact) mass is 256 g/mol. The average Bonchev–Trinajstić information content (AvgIpc) is 2.54. The summed E-state index contributed by atoms with van der Waals surface area (Å²) in [5.41, 5.74) is 0. The van der Waals surface area contributed by atoms with E-state index in [1.807, 2.05) is 0 Å². The molecule has 0 aliphatic carbocycles. The molecule has 0 amide bonds. The van der Waals surface area contributed by atoms with Crippen LogP contribution in [-0.4, -0.2) is 19.0 Å². The van der Waals surface area contributed by atoms with Crippen LogP contribution in [0.3, 0.4) is 0 Å². The van der Waals surface area contributed by atoms with E-state index in [2.05, 4.69) is 20.8 Å². The lowest BCUT2D eigenvalue weighted by molar-refractivity contribution is -0.238. The van der Waals surface area contributed by atoms with Crippen molar-refractivity contribution in [2.45, 2.75) is 84.3 Å². The second kappa shape index (κ2) is 8.92. The van der Waals surface area contributed by atoms with Crippen LogP contribution < -0.4 is 0 Å². The summed E-state index contributed by atoms with van der Waals surface area (Å²) in [6.45, 7) is 8.54. The van der Waals surface area contributed by atoms with E-state index in [9.17, 15) is 0 Å². The van der Waals surface area contributed by atoms with Crippen LogP contribution in [0.25, 0.3) is 0 Å². The summed E-state index contributed by atoms with van der Waals surface area (Å²) in [5, 5.41) is 0. The van der Waals surface area contributed by atoms with Gasteiger partial charge in [-0.3, -0.25) is 0 Å². The molecule has 1 saturated heterocycles. The summed E-state index contributed by atoms with van der Waals surface area (Å²) < 4.78 is 12.2. The molecular weight excluding hydrogens is 224 g/mol. The van der Waals surface area contributed by atoms with Gasteiger partial charge in [-0.25, -0.2) is 0 Å². The molecule has 0 saturated carbocycles. The molecule has 2 nitrogen and oxygen atoms in total. The lowest BCUT2D eigenvalue weighted by atomic mass is 9.96. The zero-order valence-corrected chi connectivity index (χ0v) is 12.7. The Morgan fingerprint density at radius 2 is 1.56 bits per heavy atom. The van der Waals surface area contributed by atoms with Gasteiger partial charge in [0.25, 0.3) is 0 Å². The van der Waals surface area contributed by atoms with Gasteiger partial charge in [0.15, 0.2) is 5.79 Å². The quantitative estimate of drug-likeness (QED) is 0.574. The van der Waals surface area contributed by atoms with Crippen LogP contribution in [-0.2, 0) is 9.47 Å². The fraction of sp³-hybridized carbons (Fsp3) is 1.00. The van der Waals surface area contributed by atoms with Gasteiger partial charge in [0.1, 0.15) is 0 Å². The van der Waals surface area contributed by atoms with Gasteiger partial charge < -0.3 is 9.47 Å². The first kappa shape index (κ1) is 16.0. The van der Waals surface area contributed by atoms with Crippen molar-refractivity contribution in [2.75, 3.05) is 13.2 Å². The first-order valence-corrected chi connectivity index (χ1v) is 7.96. The Morgan fingerprint density at radius 3 is 2.11 bits per heavy atom. The molecule has 0 radical (unpaired) electrons. The molecule has 108 valence electrons. The Balaban J connectivity index is 2.38. The average molecular weight is 256 g/mol. The second-order valence-electron chi connectivity index (χ2n) is 6.08. The Bertz CT molecular complexity index is 193. The molecule has 1 rings (SSSR count). The second-order valence-corrected chi connectivity index (χ2v) is 6.08. The van der Waals surface area contributed by atoms with Crippen molar-refractivity contribution in [3.8, 4) is 0 Å². The number of rotatable bonds is 8. The summed E-state index contributed by atoms with van der Waals surface area (Å²) in [6, 6.07) is 0. The molecule has 0 aromatic heterocycles. The predicted octanol–water partition coefficient (Wildman–Crippen LogP) is 4.92. The highest BCUT2D eigenvalue weighted by molar-refractivity contribution is 4.74. The van der Waals surface area contributed by atoms with Crippen molar-refractivity contribution in [3.63, 3.8) is 0 Å². The van der Waals surface area contributed by atoms with E-state index in [0.717, 1.165) is 38.9 Å². The molecule has 0 N–H and O–H groups in total. The van der Waals surface area contributed by atoms with Gasteiger partial charge in [-0.1, -0.05) is 46.5 Å². The maximum absolute atomic E-state index is 6.09. The molecule has 0 aromatic rings. The van der Waals surface area contributed by atoms with E-state index in [1.165, 1.54) is 32.1 Å². The van der Waals surface area contributed by atoms with Crippen molar-refractivity contribution in [1.29, 1.82) is 0 Å². The molecule has 1 aliphatic heterocycles. The minimum absolute atomic E-state index is 0.267. The highest BCUT2D eigenvalue weighted by atomic mass is 16.7. The van der Waals surface area contributed by atoms with Crippen LogP contribution in [0.4, 0.5) is 0 Å². The molecular formula is C16H32O2. The maximum atomic E-state index is 6.09. The molecule has 1 aliphatic rings. The van der Waals surface area contributed by atoms with Crippen molar-refractivity contribution in [1.82, 2.24) is 0 Å². The third-order valence-corrected chi connectivity index (χ3v) is 3.65. The van der Waals surface area contributed by atoms with Crippen LogP contribution in [0, 0.1) is 5.92 Å². The molecule has 1 heterocycles. The van der Waals surface area contributed by atoms with E-state index in [-0.39, 0.29) is 5.79 Å². The first-order valence-electron chi connectivity index (χ1n) is 7.96. The molecule has 0 aromatic carbocycles. The molecule has 0 bridgehead atoms. The normalized spacial score (nSPS) is 20.0. The van der Waals surface area contributed by atoms with E-state index < -0.39 is 0 Å². The fourth-order valence-electron chi connectivity index (χ4n) is 2.75. The zero-order valence-electron chi connectivity index (χ0n) is 12.7. The molecule has 18 heavy (non-hydrogen) atoms. The number of unbranched alkanes of at least 4 members (excludes halogenated alkanes) is 4. The highest BCUT2D eigenvalue weighted by Crippen LogP contribution is 2.31. The largest absolute Gasteiger partial charge is 0.350 e. The van der Waals surface area contributed by atoms with E-state index in [0.29, 0.717) is 5.92 Å². The highest BCUT2D eigenvalue weighted by Gasteiger charge is 2.33. The van der Waals surface area contributed by atoms with Crippen LogP contribution in [0.2, 0.25) is 0 Å². The van der Waals surface area contributed by atoms with Crippen molar-refractivity contribution in [2.24, 2.45) is 5.92 Å². The molecule has 0 unspecified atom stereocenters. The van der Waals surface area contributed by atoms with Gasteiger partial charge >= 0.3 is 0 Å². The number of hydrogen-bond donors (Lipinski definition) is 0. The Labute approximate surface area is 113 Å². The molecule has 0 atom stereocenters. The van der Waals surface area contributed by atoms with Crippen molar-refractivity contribution < 1.29 is 9.47 Å². The van der Waals surface area contributed by atoms with Crippen LogP contribution in [0.1, 0.15) is 78.6 Å². The zero-order chi connectivity index (χ0) is 13.3. The SMILES string of the molecule is CCCCCCCC1(CC(C)C)OCCCCO1. The van der Waals surface area contributed by atoms with Gasteiger partial charge in [0.2, 0.25) is 0 Å². The Hall–Kier alpha value is -0.0800. The molecule has 2 heteroatoms. The molecule has 1 fully saturated rings. The topological polar surface area (TPSA) is 18.5 Å². The number of ether oxygens (including phenoxy) is 2. The molecule has 0 spiro atoms. The number of hydrogen-bond acceptors (Lipinski definition) is 2. The summed E-state index contributed by atoms with van der Waals surface area (Å²) in [7, 11) is 0. The summed E-state index contributed by atoms with van der Waals surface area (Å²) in [5.74, 6) is 0.371. The van der Waals surface area contributed by atoms with Crippen molar-refractivity contribution in [3.05, 3.63) is 0 Å². The van der Waals surface area contributed by atoms with Gasteiger partial charge in [-0.15, -0.1) is 0 Å². The Kier molecular flexibility index (Phi) is 7.92. The third-order valence-electron chi connectivity index (χ3n) is 3.65. The predicted molar refractivity (Wildman–Crippen MR) is 76.7 cm³/mol. The lowest BCUT2D eigenvalue weighted by Crippen LogP contribution is -2.37. The Morgan fingerprint density at radius 1 is 0.944 bits per heavy atom. The van der Waals surface area contributed by atoms with E-state index in [4.69, 9.17) is 9.47 Å². The van der Waals surface area contributed by atoms with E-state index >= 15 is 0 Å². The van der Waals surface area contributed by atoms with Crippen LogP contribution >= 0.6 is 0 Å². The lowest BCUT2D eigenvalue weighted by Gasteiger charge is -2.34. The van der Waals surface area contributed by atoms with Gasteiger partial charge in [0.05, 0.1) is 13.2 Å². The fourth-order valence-corrected chi connectivity index (χ4v) is 2.75. The minimum atomic E-state index is -0.267. The summed E-state index contributed by atoms with van der Waals surface area (Å²) in [6.07, 6.45) is 11.0. The summed E-state index contributed by atoms with van der Waals surface area (Å²) >= 11 is 0. The first-order chi connectivity index (χ1) is 8.68. The minimum Gasteiger partial charge on any atom is -0.350 e. The van der Waals surface area contributed by atoms with Gasteiger partial charge in [0, 0.05) is 12.8 Å². The smallest absolute Gasteiger partial charge is 0.168 e. The van der Waals surface area contributed by atoms with Crippen molar-refractivity contribution >= 4 is 0 Å². The van der Waals surface area contributed by atoms with E-state index in [1.54, 1.807) is 0 Å². The summed E-state index contributed by atoms with van der Waals surface area (Å²) in [4.78, 5) is 0. The standard InChI is InChI=1S/C16H32O2/c1-4-5-6-7-8-11-16(14-15(2)3)17-12-9-10-13-18-16/h15H,4-14H2,1-3H3. The van der Waals surface area contributed by atoms with Crippen LogP contribution in [0.15, 0.2) is 0 Å². The van der Waals surface area contributed by atoms with Gasteiger partial charge in [-0.05, 0) is 25.2 Å². The maximum Gasteiger partial charge on any atom is 0.168 e. The van der Waals surface area contributed by atoms with Gasteiger partial charge in [-0.2, -0.15) is 0 Å². The van der Waals surface area contributed by atoms with Crippen LogP contribution in [0.5, 0.6) is 0 Å². The third kappa shape index (κ3) is 6.19.